The molecule has 0 bridgehead atoms. The molecule has 0 aromatic heterocycles. The van der Waals surface area contributed by atoms with Crippen LogP contribution in [0, 0.1) is 12.8 Å². The van der Waals surface area contributed by atoms with E-state index in [9.17, 15) is 22.8 Å². The molecule has 1 aromatic rings. The highest BCUT2D eigenvalue weighted by molar-refractivity contribution is 9.10. The summed E-state index contributed by atoms with van der Waals surface area (Å²) in [6, 6.07) is 5.37. The summed E-state index contributed by atoms with van der Waals surface area (Å²) in [4.78, 5) is 24.3. The van der Waals surface area contributed by atoms with Gasteiger partial charge in [-0.3, -0.25) is 9.59 Å². The molecule has 1 heterocycles. The second-order valence-corrected chi connectivity index (χ2v) is 6.41. The number of anilines is 1. The zero-order valence-electron chi connectivity index (χ0n) is 12.4. The van der Waals surface area contributed by atoms with E-state index < -0.39 is 18.0 Å². The SMILES string of the molecule is Cc1ccc(NC(=O)C2CCCN(C(=O)C(F)(F)F)C2)c(Br)c1. The molecular formula is C15H16BrF3N2O2. The molecule has 0 spiro atoms. The van der Waals surface area contributed by atoms with Crippen molar-refractivity contribution in [3.05, 3.63) is 28.2 Å². The number of likely N-dealkylation sites (tertiary alicyclic amines) is 1. The molecule has 0 radical (unpaired) electrons. The molecule has 1 unspecified atom stereocenters. The van der Waals surface area contributed by atoms with Crippen molar-refractivity contribution in [3.8, 4) is 0 Å². The lowest BCUT2D eigenvalue weighted by Crippen LogP contribution is -2.48. The van der Waals surface area contributed by atoms with Crippen LogP contribution >= 0.6 is 15.9 Å². The fourth-order valence-electron chi connectivity index (χ4n) is 2.51. The van der Waals surface area contributed by atoms with Crippen LogP contribution in [0.15, 0.2) is 22.7 Å². The van der Waals surface area contributed by atoms with Crippen LogP contribution in [0.3, 0.4) is 0 Å². The highest BCUT2D eigenvalue weighted by atomic mass is 79.9. The number of benzene rings is 1. The van der Waals surface area contributed by atoms with Gasteiger partial charge >= 0.3 is 12.1 Å². The number of halogens is 4. The molecule has 23 heavy (non-hydrogen) atoms. The monoisotopic (exact) mass is 392 g/mol. The lowest BCUT2D eigenvalue weighted by Gasteiger charge is -2.32. The lowest BCUT2D eigenvalue weighted by molar-refractivity contribution is -0.187. The topological polar surface area (TPSA) is 49.4 Å². The summed E-state index contributed by atoms with van der Waals surface area (Å²) >= 11 is 3.33. The maximum absolute atomic E-state index is 12.5. The molecule has 2 rings (SSSR count). The van der Waals surface area contributed by atoms with Gasteiger partial charge in [0.25, 0.3) is 0 Å². The minimum Gasteiger partial charge on any atom is -0.334 e. The van der Waals surface area contributed by atoms with Crippen molar-refractivity contribution in [2.45, 2.75) is 25.9 Å². The molecule has 1 fully saturated rings. The average Bonchev–Trinajstić information content (AvgIpc) is 2.48. The second-order valence-electron chi connectivity index (χ2n) is 5.56. The molecule has 4 nitrogen and oxygen atoms in total. The van der Waals surface area contributed by atoms with Gasteiger partial charge in [0.1, 0.15) is 0 Å². The fourth-order valence-corrected chi connectivity index (χ4v) is 3.10. The van der Waals surface area contributed by atoms with Crippen molar-refractivity contribution in [1.29, 1.82) is 0 Å². The van der Waals surface area contributed by atoms with E-state index in [1.54, 1.807) is 6.07 Å². The Morgan fingerprint density at radius 1 is 1.35 bits per heavy atom. The maximum atomic E-state index is 12.5. The van der Waals surface area contributed by atoms with Gasteiger partial charge in [-0.1, -0.05) is 6.07 Å². The number of alkyl halides is 3. The van der Waals surface area contributed by atoms with Gasteiger partial charge in [0, 0.05) is 17.6 Å². The summed E-state index contributed by atoms with van der Waals surface area (Å²) in [6.07, 6.45) is -4.08. The molecule has 1 aromatic carbocycles. The van der Waals surface area contributed by atoms with E-state index in [0.29, 0.717) is 27.9 Å². The predicted octanol–water partition coefficient (Wildman–Crippen LogP) is 3.50. The van der Waals surface area contributed by atoms with E-state index in [2.05, 4.69) is 21.2 Å². The number of aryl methyl sites for hydroxylation is 1. The average molecular weight is 393 g/mol. The number of amides is 2. The molecule has 1 atom stereocenters. The molecule has 126 valence electrons. The number of rotatable bonds is 2. The maximum Gasteiger partial charge on any atom is 0.471 e. The lowest BCUT2D eigenvalue weighted by atomic mass is 9.97. The predicted molar refractivity (Wildman–Crippen MR) is 82.9 cm³/mol. The molecule has 1 saturated heterocycles. The largest absolute Gasteiger partial charge is 0.471 e. The van der Waals surface area contributed by atoms with Crippen LogP contribution in [-0.4, -0.2) is 36.0 Å². The van der Waals surface area contributed by atoms with Crippen molar-refractivity contribution in [2.24, 2.45) is 5.92 Å². The van der Waals surface area contributed by atoms with Gasteiger partial charge in [0.2, 0.25) is 5.91 Å². The van der Waals surface area contributed by atoms with Crippen LogP contribution in [0.1, 0.15) is 18.4 Å². The summed E-state index contributed by atoms with van der Waals surface area (Å²) < 4.78 is 38.2. The van der Waals surface area contributed by atoms with Gasteiger partial charge < -0.3 is 10.2 Å². The van der Waals surface area contributed by atoms with E-state index in [4.69, 9.17) is 0 Å². The Labute approximate surface area is 140 Å². The molecule has 1 aliphatic heterocycles. The first-order valence-electron chi connectivity index (χ1n) is 7.11. The van der Waals surface area contributed by atoms with Gasteiger partial charge in [-0.25, -0.2) is 0 Å². The van der Waals surface area contributed by atoms with Gasteiger partial charge in [-0.2, -0.15) is 13.2 Å². The first-order chi connectivity index (χ1) is 10.7. The number of carbonyl (C=O) groups excluding carboxylic acids is 2. The Balaban J connectivity index is 2.03. The molecule has 1 aliphatic rings. The number of nitrogens with zero attached hydrogens (tertiary/aromatic N) is 1. The quantitative estimate of drug-likeness (QED) is 0.837. The van der Waals surface area contributed by atoms with Gasteiger partial charge in [0.15, 0.2) is 0 Å². The zero-order valence-corrected chi connectivity index (χ0v) is 14.0. The molecule has 2 amide bonds. The van der Waals surface area contributed by atoms with Gasteiger partial charge in [0.05, 0.1) is 11.6 Å². The van der Waals surface area contributed by atoms with Crippen molar-refractivity contribution in [1.82, 2.24) is 4.90 Å². The molecule has 0 saturated carbocycles. The van der Waals surface area contributed by atoms with Crippen LogP contribution in [0.25, 0.3) is 0 Å². The van der Waals surface area contributed by atoms with Crippen LogP contribution in [0.5, 0.6) is 0 Å². The molecular weight excluding hydrogens is 377 g/mol. The van der Waals surface area contributed by atoms with E-state index >= 15 is 0 Å². The molecule has 1 N–H and O–H groups in total. The number of hydrogen-bond donors (Lipinski definition) is 1. The van der Waals surface area contributed by atoms with Gasteiger partial charge in [-0.05, 0) is 53.4 Å². The summed E-state index contributed by atoms with van der Waals surface area (Å²) in [5.41, 5.74) is 1.56. The highest BCUT2D eigenvalue weighted by Gasteiger charge is 2.44. The van der Waals surface area contributed by atoms with E-state index in [1.807, 2.05) is 19.1 Å². The first kappa shape index (κ1) is 17.8. The van der Waals surface area contributed by atoms with E-state index in [0.717, 1.165) is 5.56 Å². The zero-order chi connectivity index (χ0) is 17.2. The van der Waals surface area contributed by atoms with Crippen LogP contribution in [-0.2, 0) is 9.59 Å². The normalized spacial score (nSPS) is 18.7. The Morgan fingerprint density at radius 2 is 2.04 bits per heavy atom. The molecule has 8 heteroatoms. The summed E-state index contributed by atoms with van der Waals surface area (Å²) in [6.45, 7) is 1.71. The van der Waals surface area contributed by atoms with Crippen molar-refractivity contribution >= 4 is 33.4 Å². The van der Waals surface area contributed by atoms with Gasteiger partial charge in [-0.15, -0.1) is 0 Å². The third-order valence-electron chi connectivity index (χ3n) is 3.70. The van der Waals surface area contributed by atoms with Crippen LogP contribution in [0.4, 0.5) is 18.9 Å². The number of piperidine rings is 1. The second kappa shape index (κ2) is 6.90. The fraction of sp³-hybridized carbons (Fsp3) is 0.467. The summed E-state index contributed by atoms with van der Waals surface area (Å²) in [7, 11) is 0. The minimum atomic E-state index is -4.90. The number of hydrogen-bond acceptors (Lipinski definition) is 2. The Kier molecular flexibility index (Phi) is 5.33. The van der Waals surface area contributed by atoms with E-state index in [1.165, 1.54) is 0 Å². The Hall–Kier alpha value is -1.57. The smallest absolute Gasteiger partial charge is 0.334 e. The van der Waals surface area contributed by atoms with Crippen molar-refractivity contribution in [3.63, 3.8) is 0 Å². The molecule has 0 aliphatic carbocycles. The number of carbonyl (C=O) groups is 2. The third kappa shape index (κ3) is 4.46. The first-order valence-corrected chi connectivity index (χ1v) is 7.91. The Bertz CT molecular complexity index is 619. The number of nitrogens with one attached hydrogen (secondary N) is 1. The van der Waals surface area contributed by atoms with Crippen LogP contribution in [0.2, 0.25) is 0 Å². The standard InChI is InChI=1S/C15H16BrF3N2O2/c1-9-4-5-12(11(16)7-9)20-13(22)10-3-2-6-21(8-10)14(23)15(17,18)19/h4-5,7,10H,2-3,6,8H2,1H3,(H,20,22). The summed E-state index contributed by atoms with van der Waals surface area (Å²) in [5.74, 6) is -2.91. The Morgan fingerprint density at radius 3 is 2.65 bits per heavy atom. The third-order valence-corrected chi connectivity index (χ3v) is 4.36. The highest BCUT2D eigenvalue weighted by Crippen LogP contribution is 2.27. The minimum absolute atomic E-state index is 0.0242. The van der Waals surface area contributed by atoms with E-state index in [-0.39, 0.29) is 19.0 Å². The van der Waals surface area contributed by atoms with Crippen LogP contribution < -0.4 is 5.32 Å². The van der Waals surface area contributed by atoms with Crippen molar-refractivity contribution in [2.75, 3.05) is 18.4 Å². The summed E-state index contributed by atoms with van der Waals surface area (Å²) in [5, 5.41) is 2.70. The van der Waals surface area contributed by atoms with Crippen molar-refractivity contribution < 1.29 is 22.8 Å².